The normalized spacial score (nSPS) is 26.3. The van der Waals surface area contributed by atoms with Crippen LogP contribution in [0.4, 0.5) is 5.82 Å². The van der Waals surface area contributed by atoms with Gasteiger partial charge in [-0.15, -0.1) is 4.72 Å². The third kappa shape index (κ3) is 3.56. The third-order valence-electron chi connectivity index (χ3n) is 6.00. The molecule has 28 heavy (non-hydrogen) atoms. The summed E-state index contributed by atoms with van der Waals surface area (Å²) in [5, 5.41) is 0. The molecule has 2 aliphatic heterocycles. The Labute approximate surface area is 177 Å². The first kappa shape index (κ1) is 20.4. The molecular weight excluding hydrogens is 442 g/mol. The zero-order valence-corrected chi connectivity index (χ0v) is 19.2. The maximum atomic E-state index is 12.7. The number of H-pyrrole nitrogens is 1. The highest BCUT2D eigenvalue weighted by Gasteiger charge is 2.52. The number of piperidine rings is 1. The van der Waals surface area contributed by atoms with Gasteiger partial charge in [0.05, 0.1) is 35.1 Å². The summed E-state index contributed by atoms with van der Waals surface area (Å²) in [4.78, 5) is 14.6. The lowest BCUT2D eigenvalue weighted by molar-refractivity contribution is 0.0973. The molecule has 0 radical (unpaired) electrons. The predicted octanol–water partition coefficient (Wildman–Crippen LogP) is 3.15. The summed E-state index contributed by atoms with van der Waals surface area (Å²) in [6.07, 6.45) is 5.54. The van der Waals surface area contributed by atoms with Crippen molar-refractivity contribution in [3.63, 3.8) is 0 Å². The van der Waals surface area contributed by atoms with Gasteiger partial charge in [-0.3, -0.25) is 0 Å². The lowest BCUT2D eigenvalue weighted by Gasteiger charge is -2.43. The molecule has 2 aromatic rings. The van der Waals surface area contributed by atoms with E-state index < -0.39 is 11.4 Å². The van der Waals surface area contributed by atoms with Gasteiger partial charge in [-0.25, -0.2) is 9.97 Å². The van der Waals surface area contributed by atoms with Gasteiger partial charge in [-0.05, 0) is 56.5 Å². The van der Waals surface area contributed by atoms with Crippen molar-refractivity contribution in [2.75, 3.05) is 24.6 Å². The topological polar surface area (TPSA) is 89.1 Å². The van der Waals surface area contributed by atoms with Gasteiger partial charge < -0.3 is 19.2 Å². The molecule has 2 saturated heterocycles. The molecule has 2 fully saturated rings. The second-order valence-electron chi connectivity index (χ2n) is 8.90. The van der Waals surface area contributed by atoms with Gasteiger partial charge in [-0.1, -0.05) is 0 Å². The van der Waals surface area contributed by atoms with Crippen molar-refractivity contribution in [1.82, 2.24) is 19.7 Å². The quantitative estimate of drug-likeness (QED) is 0.671. The minimum absolute atomic E-state index is 0.0108. The zero-order chi connectivity index (χ0) is 20.1. The summed E-state index contributed by atoms with van der Waals surface area (Å²) in [5.41, 5.74) is 1.88. The summed E-state index contributed by atoms with van der Waals surface area (Å²) < 4.78 is 22.8. The van der Waals surface area contributed by atoms with E-state index in [1.165, 1.54) is 0 Å². The number of imidazole rings is 1. The average Bonchev–Trinajstić information content (AvgIpc) is 3.24. The molecule has 0 aliphatic carbocycles. The smallest absolute Gasteiger partial charge is 0.156 e. The third-order valence-corrected chi connectivity index (χ3v) is 8.18. The molecule has 0 aromatic carbocycles. The molecule has 2 aliphatic rings. The van der Waals surface area contributed by atoms with Crippen LogP contribution in [0.5, 0.6) is 0 Å². The average molecular weight is 470 g/mol. The fraction of sp³-hybridized carbons (Fsp3) is 0.684. The number of hydrogen-bond donors (Lipinski definition) is 2. The molecule has 7 nitrogen and oxygen atoms in total. The molecule has 4 rings (SSSR count). The highest BCUT2D eigenvalue weighted by Crippen LogP contribution is 2.44. The molecule has 3 atom stereocenters. The molecule has 4 heterocycles. The summed E-state index contributed by atoms with van der Waals surface area (Å²) >= 11 is 2.42. The van der Waals surface area contributed by atoms with Crippen LogP contribution >= 0.6 is 15.9 Å². The van der Waals surface area contributed by atoms with Gasteiger partial charge in [0.25, 0.3) is 0 Å². The van der Waals surface area contributed by atoms with E-state index in [-0.39, 0.29) is 22.3 Å². The summed E-state index contributed by atoms with van der Waals surface area (Å²) in [6, 6.07) is 0.0954. The Morgan fingerprint density at radius 1 is 1.36 bits per heavy atom. The van der Waals surface area contributed by atoms with Gasteiger partial charge in [-0.2, -0.15) is 0 Å². The fourth-order valence-electron chi connectivity index (χ4n) is 4.23. The summed E-state index contributed by atoms with van der Waals surface area (Å²) in [6.45, 7) is 10.6. The highest BCUT2D eigenvalue weighted by atomic mass is 79.9. The summed E-state index contributed by atoms with van der Waals surface area (Å²) in [7, 11) is 0. The minimum Gasteiger partial charge on any atom is -0.598 e. The number of fused-ring (bicyclic) bond motifs is 1. The van der Waals surface area contributed by atoms with Crippen LogP contribution in [-0.4, -0.2) is 56.1 Å². The van der Waals surface area contributed by atoms with E-state index in [0.717, 1.165) is 47.3 Å². The minimum atomic E-state index is -1.11. The highest BCUT2D eigenvalue weighted by molar-refractivity contribution is 9.10. The molecule has 0 saturated carbocycles. The van der Waals surface area contributed by atoms with Crippen LogP contribution in [0.2, 0.25) is 0 Å². The largest absolute Gasteiger partial charge is 0.598 e. The number of halogens is 1. The van der Waals surface area contributed by atoms with E-state index in [4.69, 9.17) is 4.74 Å². The number of pyridine rings is 1. The second-order valence-corrected chi connectivity index (χ2v) is 11.8. The number of aromatic nitrogens is 3. The van der Waals surface area contributed by atoms with Gasteiger partial charge in [0, 0.05) is 36.1 Å². The van der Waals surface area contributed by atoms with Crippen molar-refractivity contribution >= 4 is 44.1 Å². The Bertz CT molecular complexity index is 846. The van der Waals surface area contributed by atoms with Crippen LogP contribution < -0.4 is 9.62 Å². The van der Waals surface area contributed by atoms with E-state index in [1.807, 2.05) is 27.0 Å². The van der Waals surface area contributed by atoms with Crippen molar-refractivity contribution in [1.29, 1.82) is 0 Å². The molecule has 1 spiro atoms. The lowest BCUT2D eigenvalue weighted by atomic mass is 9.73. The monoisotopic (exact) mass is 469 g/mol. The van der Waals surface area contributed by atoms with Crippen LogP contribution in [-0.2, 0) is 16.1 Å². The van der Waals surface area contributed by atoms with E-state index >= 15 is 0 Å². The Hall–Kier alpha value is -0.870. The maximum absolute atomic E-state index is 12.7. The Kier molecular flexibility index (Phi) is 5.41. The first-order valence-electron chi connectivity index (χ1n) is 9.73. The van der Waals surface area contributed by atoms with E-state index in [9.17, 15) is 4.55 Å². The Morgan fingerprint density at radius 2 is 2.07 bits per heavy atom. The lowest BCUT2D eigenvalue weighted by Crippen LogP contribution is -2.56. The molecule has 9 heteroatoms. The second kappa shape index (κ2) is 7.43. The van der Waals surface area contributed by atoms with Crippen LogP contribution in [0, 0.1) is 5.41 Å². The molecule has 154 valence electrons. The van der Waals surface area contributed by atoms with Gasteiger partial charge in [0.2, 0.25) is 0 Å². The van der Waals surface area contributed by atoms with Crippen LogP contribution in [0.25, 0.3) is 11.0 Å². The SMILES string of the molecule is C[C@@H]1OCC2(CCN(c3ncc(Br)c4[nH]cnc34)CC2)[C@@H]1N[S+]([O-])C(C)(C)C. The standard InChI is InChI=1S/C19H28BrN5O2S/c1-12-16(24-28(26)18(2,3)4)19(10-27-12)5-7-25(8-6-19)17-15-14(22-11-23-15)13(20)9-21-17/h9,11-12,16,24H,5-8,10H2,1-4H3,(H,22,23)/t12-,16+,28?/m0/s1. The number of rotatable bonds is 3. The number of anilines is 1. The van der Waals surface area contributed by atoms with Gasteiger partial charge in [0.1, 0.15) is 10.3 Å². The molecule has 2 aromatic heterocycles. The van der Waals surface area contributed by atoms with Gasteiger partial charge >= 0.3 is 0 Å². The number of hydrogen-bond acceptors (Lipinski definition) is 6. The van der Waals surface area contributed by atoms with Crippen LogP contribution in [0.3, 0.4) is 0 Å². The number of ether oxygens (including phenoxy) is 1. The Balaban J connectivity index is 1.52. The summed E-state index contributed by atoms with van der Waals surface area (Å²) in [5.74, 6) is 0.920. The van der Waals surface area contributed by atoms with E-state index in [2.05, 4.69) is 47.4 Å². The molecule has 0 amide bonds. The van der Waals surface area contributed by atoms with Crippen LogP contribution in [0.1, 0.15) is 40.5 Å². The van der Waals surface area contributed by atoms with Crippen molar-refractivity contribution in [2.24, 2.45) is 5.41 Å². The van der Waals surface area contributed by atoms with Crippen molar-refractivity contribution < 1.29 is 9.29 Å². The molecule has 0 bridgehead atoms. The Morgan fingerprint density at radius 3 is 2.75 bits per heavy atom. The number of aromatic amines is 1. The van der Waals surface area contributed by atoms with Crippen molar-refractivity contribution in [3.8, 4) is 0 Å². The molecule has 2 N–H and O–H groups in total. The zero-order valence-electron chi connectivity index (χ0n) is 16.8. The van der Waals surface area contributed by atoms with Crippen LogP contribution in [0.15, 0.2) is 17.0 Å². The van der Waals surface area contributed by atoms with E-state index in [1.54, 1.807) is 6.33 Å². The predicted molar refractivity (Wildman–Crippen MR) is 116 cm³/mol. The number of nitrogens with one attached hydrogen (secondary N) is 2. The maximum Gasteiger partial charge on any atom is 0.156 e. The molecular formula is C19H28BrN5O2S. The molecule has 1 unspecified atom stereocenters. The first-order valence-corrected chi connectivity index (χ1v) is 11.7. The van der Waals surface area contributed by atoms with E-state index in [0.29, 0.717) is 6.61 Å². The number of nitrogens with zero attached hydrogens (tertiary/aromatic N) is 3. The fourth-order valence-corrected chi connectivity index (χ4v) is 5.66. The van der Waals surface area contributed by atoms with Crippen molar-refractivity contribution in [3.05, 3.63) is 17.0 Å². The first-order chi connectivity index (χ1) is 13.2. The van der Waals surface area contributed by atoms with Crippen molar-refractivity contribution in [2.45, 2.75) is 57.4 Å². The van der Waals surface area contributed by atoms with Gasteiger partial charge in [0.15, 0.2) is 5.82 Å².